The van der Waals surface area contributed by atoms with Gasteiger partial charge in [-0.25, -0.2) is 4.39 Å². The Kier molecular flexibility index (Phi) is 5.30. The van der Waals surface area contributed by atoms with Gasteiger partial charge in [-0.3, -0.25) is 9.59 Å². The second-order valence-electron chi connectivity index (χ2n) is 7.46. The highest BCUT2D eigenvalue weighted by atomic mass is 19.1. The molecule has 2 aromatic carbocycles. The van der Waals surface area contributed by atoms with Gasteiger partial charge in [0.05, 0.1) is 18.2 Å². The lowest BCUT2D eigenvalue weighted by molar-refractivity contribution is -0.140. The molecule has 7 heteroatoms. The van der Waals surface area contributed by atoms with Crippen LogP contribution in [0.4, 0.5) is 4.39 Å². The number of benzene rings is 2. The van der Waals surface area contributed by atoms with Gasteiger partial charge in [0.1, 0.15) is 23.4 Å². The third-order valence-corrected chi connectivity index (χ3v) is 5.45. The summed E-state index contributed by atoms with van der Waals surface area (Å²) in [6, 6.07) is 10.0. The van der Waals surface area contributed by atoms with Crippen molar-refractivity contribution in [1.82, 2.24) is 4.90 Å². The Morgan fingerprint density at radius 2 is 2.03 bits per heavy atom. The van der Waals surface area contributed by atoms with Crippen LogP contribution in [-0.2, 0) is 20.7 Å². The number of Topliss-reactive ketones (excluding diaryl/α,β-unsaturated/α-hetero) is 1. The number of aliphatic hydroxyl groups is 1. The first-order chi connectivity index (χ1) is 14.4. The summed E-state index contributed by atoms with van der Waals surface area (Å²) in [6.07, 6.45) is 0.700. The minimum Gasteiger partial charge on any atom is -0.507 e. The standard InChI is InChI=1S/C23H22FNO5/c1-13-11-15-12-14(7-8-18(15)30-13)21(26)19-20(16-5-3-4-6-17(16)24)25(9-10-29-2)23(28)22(19)27/h3-8,12-13,20,26H,9-11H2,1-2H3/t13-,20+/m1/s1. The zero-order valence-electron chi connectivity index (χ0n) is 16.7. The predicted octanol–water partition coefficient (Wildman–Crippen LogP) is 3.22. The largest absolute Gasteiger partial charge is 0.507 e. The van der Waals surface area contributed by atoms with Crippen molar-refractivity contribution in [3.8, 4) is 5.75 Å². The van der Waals surface area contributed by atoms with Gasteiger partial charge in [-0.05, 0) is 36.8 Å². The minimum absolute atomic E-state index is 0.0236. The van der Waals surface area contributed by atoms with Crippen LogP contribution < -0.4 is 4.74 Å². The van der Waals surface area contributed by atoms with Gasteiger partial charge in [0.15, 0.2) is 0 Å². The van der Waals surface area contributed by atoms with Gasteiger partial charge >= 0.3 is 0 Å². The fourth-order valence-electron chi connectivity index (χ4n) is 4.05. The molecule has 0 spiro atoms. The molecule has 0 saturated carbocycles. The zero-order chi connectivity index (χ0) is 21.4. The van der Waals surface area contributed by atoms with Crippen LogP contribution >= 0.6 is 0 Å². The maximum absolute atomic E-state index is 14.7. The second-order valence-corrected chi connectivity index (χ2v) is 7.46. The number of carbonyl (C=O) groups is 2. The van der Waals surface area contributed by atoms with Gasteiger partial charge < -0.3 is 19.5 Å². The number of carbonyl (C=O) groups excluding carboxylic acids is 2. The van der Waals surface area contributed by atoms with Crippen LogP contribution in [0.3, 0.4) is 0 Å². The third kappa shape index (κ3) is 3.35. The fourth-order valence-corrected chi connectivity index (χ4v) is 4.05. The van der Waals surface area contributed by atoms with Gasteiger partial charge in [-0.1, -0.05) is 18.2 Å². The predicted molar refractivity (Wildman–Crippen MR) is 108 cm³/mol. The van der Waals surface area contributed by atoms with E-state index < -0.39 is 23.5 Å². The zero-order valence-corrected chi connectivity index (χ0v) is 16.7. The number of hydrogen-bond acceptors (Lipinski definition) is 5. The molecule has 2 aliphatic rings. The summed E-state index contributed by atoms with van der Waals surface area (Å²) >= 11 is 0. The van der Waals surface area contributed by atoms with E-state index in [9.17, 15) is 19.1 Å². The molecule has 2 aliphatic heterocycles. The lowest BCUT2D eigenvalue weighted by Crippen LogP contribution is -2.33. The quantitative estimate of drug-likeness (QED) is 0.465. The number of hydrogen-bond donors (Lipinski definition) is 1. The van der Waals surface area contributed by atoms with E-state index in [2.05, 4.69) is 0 Å². The molecule has 2 heterocycles. The number of amides is 1. The number of rotatable bonds is 5. The maximum Gasteiger partial charge on any atom is 0.295 e. The number of halogens is 1. The van der Waals surface area contributed by atoms with E-state index in [4.69, 9.17) is 9.47 Å². The summed E-state index contributed by atoms with van der Waals surface area (Å²) in [6.45, 7) is 2.21. The number of methoxy groups -OCH3 is 1. The fraction of sp³-hybridized carbons (Fsp3) is 0.304. The van der Waals surface area contributed by atoms with Crippen molar-refractivity contribution in [1.29, 1.82) is 0 Å². The summed E-state index contributed by atoms with van der Waals surface area (Å²) in [4.78, 5) is 26.8. The van der Waals surface area contributed by atoms with Crippen LogP contribution in [0.25, 0.3) is 5.76 Å². The molecule has 2 aromatic rings. The average molecular weight is 411 g/mol. The van der Waals surface area contributed by atoms with Crippen LogP contribution in [0.1, 0.15) is 29.7 Å². The monoisotopic (exact) mass is 411 g/mol. The second kappa shape index (κ2) is 7.91. The van der Waals surface area contributed by atoms with Crippen molar-refractivity contribution in [2.24, 2.45) is 0 Å². The Hall–Kier alpha value is -3.19. The van der Waals surface area contributed by atoms with Crippen molar-refractivity contribution in [2.45, 2.75) is 25.5 Å². The van der Waals surface area contributed by atoms with Gasteiger partial charge in [0, 0.05) is 31.2 Å². The van der Waals surface area contributed by atoms with Crippen molar-refractivity contribution in [3.63, 3.8) is 0 Å². The first-order valence-electron chi connectivity index (χ1n) is 9.74. The van der Waals surface area contributed by atoms with Crippen molar-refractivity contribution >= 4 is 17.4 Å². The van der Waals surface area contributed by atoms with E-state index in [1.807, 2.05) is 6.92 Å². The van der Waals surface area contributed by atoms with Crippen LogP contribution in [0.2, 0.25) is 0 Å². The molecule has 1 saturated heterocycles. The van der Waals surface area contributed by atoms with Crippen LogP contribution in [0, 0.1) is 5.82 Å². The molecular weight excluding hydrogens is 389 g/mol. The molecule has 0 aromatic heterocycles. The topological polar surface area (TPSA) is 76.1 Å². The summed E-state index contributed by atoms with van der Waals surface area (Å²) in [5.41, 5.74) is 1.31. The van der Waals surface area contributed by atoms with E-state index >= 15 is 0 Å². The molecule has 0 unspecified atom stereocenters. The number of ketones is 1. The Balaban J connectivity index is 1.85. The molecule has 30 heavy (non-hydrogen) atoms. The third-order valence-electron chi connectivity index (χ3n) is 5.45. The smallest absolute Gasteiger partial charge is 0.295 e. The molecule has 0 aliphatic carbocycles. The summed E-state index contributed by atoms with van der Waals surface area (Å²) in [7, 11) is 1.47. The normalized spacial score (nSPS) is 22.3. The van der Waals surface area contributed by atoms with E-state index in [0.717, 1.165) is 11.3 Å². The molecule has 0 bridgehead atoms. The highest BCUT2D eigenvalue weighted by molar-refractivity contribution is 6.46. The Bertz CT molecular complexity index is 1050. The molecular formula is C23H22FNO5. The SMILES string of the molecule is COCCN1C(=O)C(=O)C(=C(O)c2ccc3c(c2)C[C@@H](C)O3)[C@@H]1c1ccccc1F. The van der Waals surface area contributed by atoms with Crippen LogP contribution in [0.5, 0.6) is 5.75 Å². The maximum atomic E-state index is 14.7. The molecule has 6 nitrogen and oxygen atoms in total. The van der Waals surface area contributed by atoms with Crippen LogP contribution in [-0.4, -0.2) is 48.1 Å². The number of aliphatic hydroxyl groups excluding tert-OH is 1. The molecule has 4 rings (SSSR count). The Labute approximate surface area is 173 Å². The molecule has 1 amide bonds. The van der Waals surface area contributed by atoms with E-state index in [1.54, 1.807) is 24.3 Å². The Morgan fingerprint density at radius 3 is 2.77 bits per heavy atom. The molecule has 0 radical (unpaired) electrons. The number of likely N-dealkylation sites (tertiary alicyclic amines) is 1. The van der Waals surface area contributed by atoms with Crippen molar-refractivity contribution in [3.05, 3.63) is 70.5 Å². The lowest BCUT2D eigenvalue weighted by Gasteiger charge is -2.25. The van der Waals surface area contributed by atoms with E-state index in [-0.39, 0.29) is 36.2 Å². The number of fused-ring (bicyclic) bond motifs is 1. The van der Waals surface area contributed by atoms with Crippen molar-refractivity contribution in [2.75, 3.05) is 20.3 Å². The van der Waals surface area contributed by atoms with E-state index in [0.29, 0.717) is 12.0 Å². The number of ether oxygens (including phenoxy) is 2. The molecule has 156 valence electrons. The molecule has 1 fully saturated rings. The van der Waals surface area contributed by atoms with Gasteiger partial charge in [-0.2, -0.15) is 0 Å². The van der Waals surface area contributed by atoms with E-state index in [1.165, 1.54) is 30.2 Å². The van der Waals surface area contributed by atoms with Crippen LogP contribution in [0.15, 0.2) is 48.0 Å². The lowest BCUT2D eigenvalue weighted by atomic mass is 9.94. The molecule has 2 atom stereocenters. The highest BCUT2D eigenvalue weighted by Crippen LogP contribution is 2.41. The van der Waals surface area contributed by atoms with Crippen molar-refractivity contribution < 1.29 is 28.6 Å². The summed E-state index contributed by atoms with van der Waals surface area (Å²) in [5.74, 6) is -1.80. The van der Waals surface area contributed by atoms with Gasteiger partial charge in [-0.15, -0.1) is 0 Å². The molecule has 1 N–H and O–H groups in total. The van der Waals surface area contributed by atoms with Gasteiger partial charge in [0.25, 0.3) is 11.7 Å². The average Bonchev–Trinajstić information content (AvgIpc) is 3.22. The highest BCUT2D eigenvalue weighted by Gasteiger charge is 2.46. The summed E-state index contributed by atoms with van der Waals surface area (Å²) < 4.78 is 25.4. The minimum atomic E-state index is -1.04. The number of nitrogens with zero attached hydrogens (tertiary/aromatic N) is 1. The Morgan fingerprint density at radius 1 is 1.27 bits per heavy atom. The first-order valence-corrected chi connectivity index (χ1v) is 9.74. The first kappa shape index (κ1) is 20.1. The summed E-state index contributed by atoms with van der Waals surface area (Å²) in [5, 5.41) is 11.1. The van der Waals surface area contributed by atoms with Gasteiger partial charge in [0.2, 0.25) is 0 Å².